The highest BCUT2D eigenvalue weighted by Crippen LogP contribution is 2.40. The lowest BCUT2D eigenvalue weighted by atomic mass is 9.70. The maximum Gasteiger partial charge on any atom is -0.0409 e. The molecule has 0 amide bonds. The van der Waals surface area contributed by atoms with Gasteiger partial charge in [-0.05, 0) is 24.7 Å². The van der Waals surface area contributed by atoms with E-state index >= 15 is 0 Å². The van der Waals surface area contributed by atoms with Gasteiger partial charge in [-0.2, -0.15) is 0 Å². The number of hydrogen-bond acceptors (Lipinski definition) is 0. The van der Waals surface area contributed by atoms with Crippen molar-refractivity contribution in [3.8, 4) is 0 Å². The summed E-state index contributed by atoms with van der Waals surface area (Å²) in [5, 5.41) is 0. The van der Waals surface area contributed by atoms with Crippen molar-refractivity contribution in [2.45, 2.75) is 123 Å². The summed E-state index contributed by atoms with van der Waals surface area (Å²) in [6.07, 6.45) is 25.3. The molecule has 1 rings (SSSR count). The number of unbranched alkanes of at least 4 members (excludes halogenated alkanes) is 11. The first kappa shape index (κ1) is 19.0. The third-order valence-electron chi connectivity index (χ3n) is 5.52. The largest absolute Gasteiger partial charge is 0.0654 e. The van der Waals surface area contributed by atoms with E-state index in [0.717, 1.165) is 11.8 Å². The van der Waals surface area contributed by atoms with E-state index < -0.39 is 0 Å². The minimum Gasteiger partial charge on any atom is -0.0654 e. The number of rotatable bonds is 15. The van der Waals surface area contributed by atoms with E-state index in [0.29, 0.717) is 0 Å². The van der Waals surface area contributed by atoms with Crippen molar-refractivity contribution in [1.29, 1.82) is 0 Å². The van der Waals surface area contributed by atoms with E-state index in [1.165, 1.54) is 83.5 Å². The summed E-state index contributed by atoms with van der Waals surface area (Å²) in [4.78, 5) is 0. The molecule has 126 valence electrons. The summed E-state index contributed by atoms with van der Waals surface area (Å²) in [7, 11) is 0. The molecule has 21 heavy (non-hydrogen) atoms. The predicted molar refractivity (Wildman–Crippen MR) is 96.8 cm³/mol. The lowest BCUT2D eigenvalue weighted by Gasteiger charge is -2.35. The molecule has 0 aromatic heterocycles. The van der Waals surface area contributed by atoms with Gasteiger partial charge in [0.1, 0.15) is 0 Å². The van der Waals surface area contributed by atoms with Crippen molar-refractivity contribution in [2.24, 2.45) is 11.8 Å². The van der Waals surface area contributed by atoms with Crippen LogP contribution in [0.2, 0.25) is 0 Å². The highest BCUT2D eigenvalue weighted by atomic mass is 14.3. The van der Waals surface area contributed by atoms with Crippen molar-refractivity contribution < 1.29 is 0 Å². The first-order chi connectivity index (χ1) is 10.4. The molecule has 0 spiro atoms. The third-order valence-corrected chi connectivity index (χ3v) is 5.52. The molecule has 0 nitrogen and oxygen atoms in total. The van der Waals surface area contributed by atoms with Crippen molar-refractivity contribution in [3.63, 3.8) is 0 Å². The van der Waals surface area contributed by atoms with Gasteiger partial charge in [-0.15, -0.1) is 0 Å². The van der Waals surface area contributed by atoms with E-state index in [2.05, 4.69) is 13.8 Å². The molecule has 0 N–H and O–H groups in total. The zero-order chi connectivity index (χ0) is 15.2. The molecule has 0 unspecified atom stereocenters. The van der Waals surface area contributed by atoms with E-state index in [9.17, 15) is 0 Å². The second-order valence-corrected chi connectivity index (χ2v) is 7.67. The summed E-state index contributed by atoms with van der Waals surface area (Å²) in [5.74, 6) is 2.23. The topological polar surface area (TPSA) is 0 Å². The van der Waals surface area contributed by atoms with Crippen LogP contribution in [-0.2, 0) is 0 Å². The Labute approximate surface area is 135 Å². The standard InChI is InChI=1S/C21H42/c1-3-5-7-9-11-13-15-17-21-18-20(19-21)16-14-12-10-8-6-4-2/h20-21H,3-19H2,1-2H3. The van der Waals surface area contributed by atoms with Gasteiger partial charge in [-0.25, -0.2) is 0 Å². The van der Waals surface area contributed by atoms with Crippen molar-refractivity contribution in [1.82, 2.24) is 0 Å². The first-order valence-electron chi connectivity index (χ1n) is 10.4. The molecule has 0 saturated heterocycles. The van der Waals surface area contributed by atoms with Gasteiger partial charge in [0, 0.05) is 0 Å². The molecule has 1 saturated carbocycles. The van der Waals surface area contributed by atoms with Gasteiger partial charge in [-0.3, -0.25) is 0 Å². The molecule has 1 fully saturated rings. The molecule has 0 aliphatic heterocycles. The Kier molecular flexibility index (Phi) is 12.4. The van der Waals surface area contributed by atoms with E-state index in [1.54, 1.807) is 25.7 Å². The van der Waals surface area contributed by atoms with Gasteiger partial charge >= 0.3 is 0 Å². The van der Waals surface area contributed by atoms with Gasteiger partial charge in [0.15, 0.2) is 0 Å². The van der Waals surface area contributed by atoms with Crippen molar-refractivity contribution >= 4 is 0 Å². The van der Waals surface area contributed by atoms with Gasteiger partial charge in [0.25, 0.3) is 0 Å². The second-order valence-electron chi connectivity index (χ2n) is 7.67. The molecule has 0 aromatic carbocycles. The van der Waals surface area contributed by atoms with Crippen LogP contribution in [0.25, 0.3) is 0 Å². The van der Waals surface area contributed by atoms with Crippen LogP contribution in [0.15, 0.2) is 0 Å². The third kappa shape index (κ3) is 10.4. The van der Waals surface area contributed by atoms with Gasteiger partial charge in [0.05, 0.1) is 0 Å². The highest BCUT2D eigenvalue weighted by Gasteiger charge is 2.27. The SMILES string of the molecule is CCCCCCCCCC1CC(CCCCCCCC)C1. The molecule has 0 atom stereocenters. The Morgan fingerprint density at radius 3 is 1.19 bits per heavy atom. The maximum absolute atomic E-state index is 2.31. The van der Waals surface area contributed by atoms with E-state index in [4.69, 9.17) is 0 Å². The zero-order valence-corrected chi connectivity index (χ0v) is 15.2. The van der Waals surface area contributed by atoms with Crippen LogP contribution in [0.3, 0.4) is 0 Å². The summed E-state index contributed by atoms with van der Waals surface area (Å²) >= 11 is 0. The maximum atomic E-state index is 2.31. The molecule has 0 heteroatoms. The van der Waals surface area contributed by atoms with Crippen molar-refractivity contribution in [2.75, 3.05) is 0 Å². The Balaban J connectivity index is 1.75. The minimum absolute atomic E-state index is 1.12. The highest BCUT2D eigenvalue weighted by molar-refractivity contribution is 4.79. The lowest BCUT2D eigenvalue weighted by molar-refractivity contribution is 0.163. The lowest BCUT2D eigenvalue weighted by Crippen LogP contribution is -2.23. The Hall–Kier alpha value is 0. The summed E-state index contributed by atoms with van der Waals surface area (Å²) in [6, 6.07) is 0. The van der Waals surface area contributed by atoms with E-state index in [1.807, 2.05) is 0 Å². The van der Waals surface area contributed by atoms with Crippen LogP contribution in [0, 0.1) is 11.8 Å². The quantitative estimate of drug-likeness (QED) is 0.269. The van der Waals surface area contributed by atoms with Crippen LogP contribution in [0.5, 0.6) is 0 Å². The van der Waals surface area contributed by atoms with E-state index in [-0.39, 0.29) is 0 Å². The van der Waals surface area contributed by atoms with Gasteiger partial charge in [0.2, 0.25) is 0 Å². The molecule has 0 heterocycles. The fraction of sp³-hybridized carbons (Fsp3) is 1.00. The zero-order valence-electron chi connectivity index (χ0n) is 15.2. The summed E-state index contributed by atoms with van der Waals surface area (Å²) in [5.41, 5.74) is 0. The van der Waals surface area contributed by atoms with Crippen LogP contribution in [-0.4, -0.2) is 0 Å². The average molecular weight is 295 g/mol. The Bertz CT molecular complexity index is 202. The van der Waals surface area contributed by atoms with Gasteiger partial charge in [-0.1, -0.05) is 110 Å². The molecule has 1 aliphatic rings. The van der Waals surface area contributed by atoms with Crippen molar-refractivity contribution in [3.05, 3.63) is 0 Å². The molecule has 0 radical (unpaired) electrons. The second kappa shape index (κ2) is 13.6. The normalized spacial score (nSPS) is 21.4. The van der Waals surface area contributed by atoms with Crippen LogP contribution < -0.4 is 0 Å². The van der Waals surface area contributed by atoms with Crippen LogP contribution >= 0.6 is 0 Å². The summed E-state index contributed by atoms with van der Waals surface area (Å²) < 4.78 is 0. The fourth-order valence-electron chi connectivity index (χ4n) is 3.95. The summed E-state index contributed by atoms with van der Waals surface area (Å²) in [6.45, 7) is 4.61. The average Bonchev–Trinajstić information content (AvgIpc) is 2.45. The van der Waals surface area contributed by atoms with Gasteiger partial charge < -0.3 is 0 Å². The predicted octanol–water partition coefficient (Wildman–Crippen LogP) is 7.90. The Morgan fingerprint density at radius 1 is 0.476 bits per heavy atom. The molecular weight excluding hydrogens is 252 g/mol. The molecule has 1 aliphatic carbocycles. The Morgan fingerprint density at radius 2 is 0.810 bits per heavy atom. The number of hydrogen-bond donors (Lipinski definition) is 0. The minimum atomic E-state index is 1.12. The molecule has 0 bridgehead atoms. The first-order valence-corrected chi connectivity index (χ1v) is 10.4. The fourth-order valence-corrected chi connectivity index (χ4v) is 3.95. The smallest absolute Gasteiger partial charge is 0.0409 e. The molecule has 0 aromatic rings. The molecular formula is C21H42. The van der Waals surface area contributed by atoms with Crippen LogP contribution in [0.1, 0.15) is 123 Å². The van der Waals surface area contributed by atoms with Crippen LogP contribution in [0.4, 0.5) is 0 Å². The monoisotopic (exact) mass is 294 g/mol.